The molecule has 0 saturated heterocycles. The molecule has 0 saturated carbocycles. The van der Waals surface area contributed by atoms with Crippen molar-refractivity contribution in [2.45, 2.75) is 19.9 Å². The molecule has 0 aliphatic carbocycles. The van der Waals surface area contributed by atoms with Crippen molar-refractivity contribution in [3.8, 4) is 5.75 Å². The van der Waals surface area contributed by atoms with E-state index in [0.717, 1.165) is 28.0 Å². The number of ether oxygens (including phenoxy) is 1. The summed E-state index contributed by atoms with van der Waals surface area (Å²) in [5.41, 5.74) is 3.39. The van der Waals surface area contributed by atoms with Gasteiger partial charge in [0.15, 0.2) is 0 Å². The third-order valence-electron chi connectivity index (χ3n) is 3.32. The van der Waals surface area contributed by atoms with Crippen LogP contribution in [0.5, 0.6) is 5.75 Å². The summed E-state index contributed by atoms with van der Waals surface area (Å²) in [5.74, 6) is 0.893. The van der Waals surface area contributed by atoms with Crippen LogP contribution < -0.4 is 10.1 Å². The second-order valence-electron chi connectivity index (χ2n) is 4.74. The molecule has 1 unspecified atom stereocenters. The molecule has 5 heteroatoms. The van der Waals surface area contributed by atoms with Gasteiger partial charge in [-0.15, -0.1) is 0 Å². The van der Waals surface area contributed by atoms with Crippen molar-refractivity contribution in [1.29, 1.82) is 0 Å². The number of benzene rings is 1. The van der Waals surface area contributed by atoms with Crippen molar-refractivity contribution in [3.63, 3.8) is 0 Å². The Balaban J connectivity index is 2.54. The molecule has 1 atom stereocenters. The molecule has 0 amide bonds. The molecule has 1 heterocycles. The lowest BCUT2D eigenvalue weighted by Crippen LogP contribution is -2.25. The summed E-state index contributed by atoms with van der Waals surface area (Å²) >= 11 is 3.58. The van der Waals surface area contributed by atoms with Crippen molar-refractivity contribution < 1.29 is 4.74 Å². The zero-order chi connectivity index (χ0) is 14.7. The van der Waals surface area contributed by atoms with E-state index in [1.165, 1.54) is 5.56 Å². The maximum Gasteiger partial charge on any atom is 0.124 e. The Kier molecular flexibility index (Phi) is 4.83. The third-order valence-corrected chi connectivity index (χ3v) is 3.93. The number of nitrogens with zero attached hydrogens (tertiary/aromatic N) is 2. The molecule has 4 nitrogen and oxygen atoms in total. The average Bonchev–Trinajstić information content (AvgIpc) is 2.76. The van der Waals surface area contributed by atoms with Gasteiger partial charge < -0.3 is 10.1 Å². The van der Waals surface area contributed by atoms with E-state index < -0.39 is 0 Å². The van der Waals surface area contributed by atoms with Gasteiger partial charge in [0.05, 0.1) is 29.5 Å². The third kappa shape index (κ3) is 2.88. The molecule has 0 radical (unpaired) electrons. The number of aryl methyl sites for hydroxylation is 2. The minimum absolute atomic E-state index is 0.0393. The number of halogens is 1. The molecule has 1 aromatic carbocycles. The predicted molar refractivity (Wildman–Crippen MR) is 84.2 cm³/mol. The molecule has 0 spiro atoms. The second kappa shape index (κ2) is 6.41. The smallest absolute Gasteiger partial charge is 0.124 e. The molecule has 0 aliphatic heterocycles. The Labute approximate surface area is 128 Å². The van der Waals surface area contributed by atoms with Gasteiger partial charge in [-0.2, -0.15) is 5.10 Å². The summed E-state index contributed by atoms with van der Waals surface area (Å²) in [5, 5.41) is 7.81. The van der Waals surface area contributed by atoms with Crippen molar-refractivity contribution in [2.24, 2.45) is 7.05 Å². The fraction of sp³-hybridized carbons (Fsp3) is 0.400. The first-order chi connectivity index (χ1) is 9.58. The summed E-state index contributed by atoms with van der Waals surface area (Å²) in [6.45, 7) is 5.02. The van der Waals surface area contributed by atoms with Crippen molar-refractivity contribution in [3.05, 3.63) is 45.7 Å². The van der Waals surface area contributed by atoms with Gasteiger partial charge in [-0.3, -0.25) is 4.68 Å². The summed E-state index contributed by atoms with van der Waals surface area (Å²) < 4.78 is 8.43. The van der Waals surface area contributed by atoms with Gasteiger partial charge in [0, 0.05) is 12.6 Å². The Hall–Kier alpha value is -1.33. The first kappa shape index (κ1) is 15.1. The largest absolute Gasteiger partial charge is 0.496 e. The maximum atomic E-state index is 5.55. The van der Waals surface area contributed by atoms with Gasteiger partial charge in [-0.05, 0) is 41.0 Å². The summed E-state index contributed by atoms with van der Waals surface area (Å²) in [7, 11) is 3.66. The Bertz CT molecular complexity index is 575. The second-order valence-corrected chi connectivity index (χ2v) is 5.59. The van der Waals surface area contributed by atoms with E-state index in [2.05, 4.69) is 58.4 Å². The lowest BCUT2D eigenvalue weighted by atomic mass is 10.0. The number of nitrogens with one attached hydrogen (secondary N) is 1. The van der Waals surface area contributed by atoms with Crippen LogP contribution in [0.25, 0.3) is 0 Å². The predicted octanol–water partition coefficient (Wildman–Crippen LogP) is 3.20. The van der Waals surface area contributed by atoms with E-state index >= 15 is 0 Å². The molecule has 2 rings (SSSR count). The number of hydrogen-bond acceptors (Lipinski definition) is 3. The van der Waals surface area contributed by atoms with Gasteiger partial charge in [0.1, 0.15) is 5.75 Å². The molecular formula is C15H20BrN3O. The van der Waals surface area contributed by atoms with Gasteiger partial charge in [0.2, 0.25) is 0 Å². The maximum absolute atomic E-state index is 5.55. The van der Waals surface area contributed by atoms with Crippen LogP contribution in [0.15, 0.2) is 28.9 Å². The minimum Gasteiger partial charge on any atom is -0.496 e. The Morgan fingerprint density at radius 1 is 1.45 bits per heavy atom. The highest BCUT2D eigenvalue weighted by atomic mass is 79.9. The van der Waals surface area contributed by atoms with Crippen LogP contribution in [0.3, 0.4) is 0 Å². The molecule has 0 fully saturated rings. The summed E-state index contributed by atoms with van der Waals surface area (Å²) in [6, 6.07) is 6.31. The van der Waals surface area contributed by atoms with Crippen LogP contribution in [0.4, 0.5) is 0 Å². The molecule has 1 aromatic heterocycles. The zero-order valence-electron chi connectivity index (χ0n) is 12.3. The lowest BCUT2D eigenvalue weighted by molar-refractivity contribution is 0.402. The number of hydrogen-bond donors (Lipinski definition) is 1. The minimum atomic E-state index is 0.0393. The van der Waals surface area contributed by atoms with E-state index in [1.807, 2.05) is 17.9 Å². The van der Waals surface area contributed by atoms with Crippen molar-refractivity contribution in [2.75, 3.05) is 13.7 Å². The average molecular weight is 338 g/mol. The van der Waals surface area contributed by atoms with E-state index in [0.29, 0.717) is 0 Å². The first-order valence-corrected chi connectivity index (χ1v) is 7.43. The monoisotopic (exact) mass is 337 g/mol. The number of aromatic nitrogens is 2. The normalized spacial score (nSPS) is 12.4. The first-order valence-electron chi connectivity index (χ1n) is 6.63. The topological polar surface area (TPSA) is 39.1 Å². The van der Waals surface area contributed by atoms with Gasteiger partial charge in [0.25, 0.3) is 0 Å². The number of rotatable bonds is 5. The van der Waals surface area contributed by atoms with E-state index in [4.69, 9.17) is 4.74 Å². The quantitative estimate of drug-likeness (QED) is 0.910. The SMILES string of the molecule is CCNC(c1ccc(C)cc1OC)c1c(Br)cnn1C. The van der Waals surface area contributed by atoms with E-state index in [1.54, 1.807) is 7.11 Å². The molecule has 1 N–H and O–H groups in total. The van der Waals surface area contributed by atoms with Crippen LogP contribution in [-0.2, 0) is 7.05 Å². The highest BCUT2D eigenvalue weighted by Crippen LogP contribution is 2.33. The molecule has 108 valence electrons. The van der Waals surface area contributed by atoms with E-state index in [-0.39, 0.29) is 6.04 Å². The van der Waals surface area contributed by atoms with Gasteiger partial charge in [-0.1, -0.05) is 19.1 Å². The highest BCUT2D eigenvalue weighted by Gasteiger charge is 2.23. The van der Waals surface area contributed by atoms with Gasteiger partial charge in [-0.25, -0.2) is 0 Å². The molecular weight excluding hydrogens is 318 g/mol. The summed E-state index contributed by atoms with van der Waals surface area (Å²) in [4.78, 5) is 0. The Morgan fingerprint density at radius 3 is 2.75 bits per heavy atom. The fourth-order valence-corrected chi connectivity index (χ4v) is 2.94. The van der Waals surface area contributed by atoms with Crippen LogP contribution in [-0.4, -0.2) is 23.4 Å². The van der Waals surface area contributed by atoms with Gasteiger partial charge >= 0.3 is 0 Å². The molecule has 20 heavy (non-hydrogen) atoms. The standard InChI is InChI=1S/C15H20BrN3O/c1-5-17-14(15-12(16)9-18-19(15)3)11-7-6-10(2)8-13(11)20-4/h6-9,14,17H,5H2,1-4H3. The van der Waals surface area contributed by atoms with Crippen LogP contribution >= 0.6 is 15.9 Å². The molecule has 0 bridgehead atoms. The Morgan fingerprint density at radius 2 is 2.20 bits per heavy atom. The van der Waals surface area contributed by atoms with E-state index in [9.17, 15) is 0 Å². The highest BCUT2D eigenvalue weighted by molar-refractivity contribution is 9.10. The molecule has 0 aliphatic rings. The van der Waals surface area contributed by atoms with Crippen LogP contribution in [0.1, 0.15) is 29.8 Å². The van der Waals surface area contributed by atoms with Crippen LogP contribution in [0.2, 0.25) is 0 Å². The van der Waals surface area contributed by atoms with Crippen molar-refractivity contribution in [1.82, 2.24) is 15.1 Å². The fourth-order valence-electron chi connectivity index (χ4n) is 2.36. The van der Waals surface area contributed by atoms with Crippen LogP contribution in [0, 0.1) is 6.92 Å². The zero-order valence-corrected chi connectivity index (χ0v) is 13.9. The van der Waals surface area contributed by atoms with Crippen molar-refractivity contribution >= 4 is 15.9 Å². The summed E-state index contributed by atoms with van der Waals surface area (Å²) in [6.07, 6.45) is 1.82. The number of methoxy groups -OCH3 is 1. The lowest BCUT2D eigenvalue weighted by Gasteiger charge is -2.22. The molecule has 2 aromatic rings.